The third kappa shape index (κ3) is 5.13. The smallest absolute Gasteiger partial charge is 0.305 e. The van der Waals surface area contributed by atoms with Gasteiger partial charge in [-0.15, -0.1) is 0 Å². The number of hydrogen-bond donors (Lipinski definition) is 3. The van der Waals surface area contributed by atoms with Crippen LogP contribution in [0.3, 0.4) is 0 Å². The molecule has 5 nitrogen and oxygen atoms in total. The van der Waals surface area contributed by atoms with Gasteiger partial charge in [0.2, 0.25) is 0 Å². The summed E-state index contributed by atoms with van der Waals surface area (Å²) in [4.78, 5) is 10.7. The molecule has 0 bridgehead atoms. The number of nitrogens with one attached hydrogen (secondary N) is 2. The van der Waals surface area contributed by atoms with E-state index in [4.69, 9.17) is 22.1 Å². The lowest BCUT2D eigenvalue weighted by atomic mass is 10.1. The Morgan fingerprint density at radius 1 is 1.47 bits per heavy atom. The van der Waals surface area contributed by atoms with Crippen LogP contribution in [-0.2, 0) is 4.79 Å². The maximum absolute atomic E-state index is 10.7. The van der Waals surface area contributed by atoms with Gasteiger partial charge in [0, 0.05) is 6.04 Å². The van der Waals surface area contributed by atoms with Crippen LogP contribution < -0.4 is 15.4 Å². The quantitative estimate of drug-likeness (QED) is 0.695. The maximum Gasteiger partial charge on any atom is 0.305 e. The number of carboxylic acid groups (broad SMARTS) is 1. The van der Waals surface area contributed by atoms with E-state index in [1.54, 1.807) is 7.11 Å². The van der Waals surface area contributed by atoms with E-state index in [2.05, 4.69) is 10.6 Å². The number of rotatable bonds is 6. The minimum atomic E-state index is -0.848. The van der Waals surface area contributed by atoms with E-state index in [1.165, 1.54) is 0 Å². The van der Waals surface area contributed by atoms with Gasteiger partial charge in [-0.05, 0) is 30.8 Å². The zero-order valence-electron chi connectivity index (χ0n) is 11.0. The number of anilines is 1. The molecule has 0 radical (unpaired) electrons. The first kappa shape index (κ1) is 15.2. The van der Waals surface area contributed by atoms with Gasteiger partial charge in [-0.25, -0.2) is 0 Å². The van der Waals surface area contributed by atoms with Crippen molar-refractivity contribution in [3.63, 3.8) is 0 Å². The van der Waals surface area contributed by atoms with Gasteiger partial charge in [0.1, 0.15) is 5.75 Å². The Hall–Kier alpha value is -1.82. The molecule has 0 fully saturated rings. The average Bonchev–Trinajstić information content (AvgIpc) is 2.38. The zero-order valence-corrected chi connectivity index (χ0v) is 11.8. The Balaban J connectivity index is 2.61. The molecule has 0 aliphatic rings. The van der Waals surface area contributed by atoms with Crippen LogP contribution in [-0.4, -0.2) is 29.3 Å². The highest BCUT2D eigenvalue weighted by Crippen LogP contribution is 2.22. The molecule has 3 N–H and O–H groups in total. The predicted octanol–water partition coefficient (Wildman–Crippen LogP) is 2.23. The van der Waals surface area contributed by atoms with Gasteiger partial charge in [-0.1, -0.05) is 19.1 Å². The molecule has 6 heteroatoms. The van der Waals surface area contributed by atoms with Crippen LogP contribution in [0.15, 0.2) is 24.3 Å². The molecule has 0 aliphatic carbocycles. The number of thiocarbonyl (C=S) groups is 1. The summed E-state index contributed by atoms with van der Waals surface area (Å²) >= 11 is 5.17. The van der Waals surface area contributed by atoms with E-state index in [0.717, 1.165) is 5.69 Å². The second kappa shape index (κ2) is 7.58. The van der Waals surface area contributed by atoms with E-state index in [-0.39, 0.29) is 12.5 Å². The lowest BCUT2D eigenvalue weighted by molar-refractivity contribution is -0.137. The van der Waals surface area contributed by atoms with Gasteiger partial charge in [0.05, 0.1) is 19.2 Å². The first-order valence-electron chi connectivity index (χ1n) is 5.99. The Labute approximate surface area is 118 Å². The molecule has 0 heterocycles. The molecule has 19 heavy (non-hydrogen) atoms. The first-order chi connectivity index (χ1) is 9.06. The average molecular weight is 282 g/mol. The fourth-order valence-electron chi connectivity index (χ4n) is 1.60. The van der Waals surface area contributed by atoms with Gasteiger partial charge in [-0.3, -0.25) is 4.79 Å². The predicted molar refractivity (Wildman–Crippen MR) is 78.7 cm³/mol. The Bertz CT molecular complexity index is 451. The van der Waals surface area contributed by atoms with Crippen molar-refractivity contribution in [2.75, 3.05) is 12.4 Å². The van der Waals surface area contributed by atoms with Gasteiger partial charge >= 0.3 is 5.97 Å². The van der Waals surface area contributed by atoms with Gasteiger partial charge < -0.3 is 20.5 Å². The summed E-state index contributed by atoms with van der Waals surface area (Å²) < 4.78 is 5.20. The summed E-state index contributed by atoms with van der Waals surface area (Å²) in [5, 5.41) is 15.1. The highest BCUT2D eigenvalue weighted by molar-refractivity contribution is 7.80. The molecule has 0 amide bonds. The first-order valence-corrected chi connectivity index (χ1v) is 6.40. The largest absolute Gasteiger partial charge is 0.495 e. The molecule has 104 valence electrons. The van der Waals surface area contributed by atoms with E-state index in [9.17, 15) is 4.79 Å². The molecule has 1 rings (SSSR count). The number of aliphatic carboxylic acids is 1. The maximum atomic E-state index is 10.7. The lowest BCUT2D eigenvalue weighted by Crippen LogP contribution is -2.38. The fourth-order valence-corrected chi connectivity index (χ4v) is 1.88. The van der Waals surface area contributed by atoms with Gasteiger partial charge in [0.25, 0.3) is 0 Å². The Kier molecular flexibility index (Phi) is 6.08. The third-order valence-corrected chi connectivity index (χ3v) is 2.82. The number of carbonyl (C=O) groups is 1. The number of benzene rings is 1. The monoisotopic (exact) mass is 282 g/mol. The van der Waals surface area contributed by atoms with E-state index in [1.807, 2.05) is 31.2 Å². The van der Waals surface area contributed by atoms with Crippen molar-refractivity contribution >= 4 is 29.0 Å². The molecule has 1 atom stereocenters. The highest BCUT2D eigenvalue weighted by Gasteiger charge is 2.12. The van der Waals surface area contributed by atoms with Crippen LogP contribution in [0, 0.1) is 0 Å². The van der Waals surface area contributed by atoms with Crippen LogP contribution in [0.1, 0.15) is 19.8 Å². The molecule has 1 aromatic carbocycles. The third-order valence-electron chi connectivity index (χ3n) is 2.60. The molecule has 0 spiro atoms. The molecular formula is C13H18N2O3S. The standard InChI is InChI=1S/C13H18N2O3S/c1-3-9(8-12(16)17)14-13(19)15-10-6-4-5-7-11(10)18-2/h4-7,9H,3,8H2,1-2H3,(H,16,17)(H2,14,15,19). The second-order valence-electron chi connectivity index (χ2n) is 4.00. The number of para-hydroxylation sites is 2. The van der Waals surface area contributed by atoms with Gasteiger partial charge in [0.15, 0.2) is 5.11 Å². The number of carboxylic acids is 1. The van der Waals surface area contributed by atoms with Crippen molar-refractivity contribution in [2.24, 2.45) is 0 Å². The number of methoxy groups -OCH3 is 1. The summed E-state index contributed by atoms with van der Waals surface area (Å²) in [6.07, 6.45) is 0.713. The molecule has 0 aliphatic heterocycles. The van der Waals surface area contributed by atoms with Crippen molar-refractivity contribution < 1.29 is 14.6 Å². The SMILES string of the molecule is CCC(CC(=O)O)NC(=S)Nc1ccccc1OC. The summed E-state index contributed by atoms with van der Waals surface area (Å²) in [7, 11) is 1.58. The van der Waals surface area contributed by atoms with E-state index in [0.29, 0.717) is 17.3 Å². The van der Waals surface area contributed by atoms with E-state index < -0.39 is 5.97 Å². The highest BCUT2D eigenvalue weighted by atomic mass is 32.1. The summed E-state index contributed by atoms with van der Waals surface area (Å²) in [5.74, 6) is -0.169. The summed E-state index contributed by atoms with van der Waals surface area (Å²) in [6, 6.07) is 7.19. The van der Waals surface area contributed by atoms with Crippen LogP contribution in [0.4, 0.5) is 5.69 Å². The molecule has 1 unspecified atom stereocenters. The summed E-state index contributed by atoms with van der Waals surface area (Å²) in [6.45, 7) is 1.91. The minimum Gasteiger partial charge on any atom is -0.495 e. The molecule has 0 saturated carbocycles. The topological polar surface area (TPSA) is 70.6 Å². The van der Waals surface area contributed by atoms with Crippen molar-refractivity contribution in [3.05, 3.63) is 24.3 Å². The fraction of sp³-hybridized carbons (Fsp3) is 0.385. The molecule has 1 aromatic rings. The van der Waals surface area contributed by atoms with Crippen molar-refractivity contribution in [1.29, 1.82) is 0 Å². The van der Waals surface area contributed by atoms with Crippen LogP contribution >= 0.6 is 12.2 Å². The molecular weight excluding hydrogens is 264 g/mol. The van der Waals surface area contributed by atoms with Crippen molar-refractivity contribution in [1.82, 2.24) is 5.32 Å². The van der Waals surface area contributed by atoms with Crippen LogP contribution in [0.2, 0.25) is 0 Å². The molecule has 0 aromatic heterocycles. The minimum absolute atomic E-state index is 0.0320. The van der Waals surface area contributed by atoms with Crippen LogP contribution in [0.25, 0.3) is 0 Å². The Morgan fingerprint density at radius 3 is 2.74 bits per heavy atom. The zero-order chi connectivity index (χ0) is 14.3. The molecule has 0 saturated heterocycles. The normalized spacial score (nSPS) is 11.5. The van der Waals surface area contributed by atoms with Gasteiger partial charge in [-0.2, -0.15) is 0 Å². The summed E-state index contributed by atoms with van der Waals surface area (Å²) in [5.41, 5.74) is 0.743. The van der Waals surface area contributed by atoms with Crippen molar-refractivity contribution in [3.8, 4) is 5.75 Å². The van der Waals surface area contributed by atoms with Crippen LogP contribution in [0.5, 0.6) is 5.75 Å². The Morgan fingerprint density at radius 2 is 2.16 bits per heavy atom. The lowest BCUT2D eigenvalue weighted by Gasteiger charge is -2.18. The number of ether oxygens (including phenoxy) is 1. The second-order valence-corrected chi connectivity index (χ2v) is 4.41. The van der Waals surface area contributed by atoms with E-state index >= 15 is 0 Å². The number of hydrogen-bond acceptors (Lipinski definition) is 3. The van der Waals surface area contributed by atoms with Crippen molar-refractivity contribution in [2.45, 2.75) is 25.8 Å².